The van der Waals surface area contributed by atoms with Crippen molar-refractivity contribution in [3.8, 4) is 11.5 Å². The van der Waals surface area contributed by atoms with Crippen molar-refractivity contribution in [2.75, 3.05) is 0 Å². The second-order valence-electron chi connectivity index (χ2n) is 4.58. The number of hydrogen-bond donors (Lipinski definition) is 0. The first kappa shape index (κ1) is 13.9. The standard InChI is InChI=1S/C19H15NO2/c1-4-10-16(11-5-1)19(21-17-12-6-2-7-13-17)20-22-18-14-8-3-9-15-18/h1-15H. The van der Waals surface area contributed by atoms with Crippen LogP contribution < -0.4 is 9.57 Å². The summed E-state index contributed by atoms with van der Waals surface area (Å²) in [7, 11) is 0. The third-order valence-corrected chi connectivity index (χ3v) is 2.96. The van der Waals surface area contributed by atoms with Crippen LogP contribution in [0.4, 0.5) is 0 Å². The van der Waals surface area contributed by atoms with E-state index in [1.165, 1.54) is 0 Å². The van der Waals surface area contributed by atoms with E-state index in [2.05, 4.69) is 5.16 Å². The van der Waals surface area contributed by atoms with E-state index in [1.807, 2.05) is 91.0 Å². The number of para-hydroxylation sites is 2. The maximum absolute atomic E-state index is 5.85. The molecule has 0 aliphatic heterocycles. The molecule has 3 heteroatoms. The van der Waals surface area contributed by atoms with Gasteiger partial charge in [0.25, 0.3) is 5.90 Å². The van der Waals surface area contributed by atoms with E-state index in [0.717, 1.165) is 5.56 Å². The van der Waals surface area contributed by atoms with E-state index in [-0.39, 0.29) is 0 Å². The van der Waals surface area contributed by atoms with Crippen molar-refractivity contribution < 1.29 is 9.57 Å². The summed E-state index contributed by atoms with van der Waals surface area (Å²) in [5.41, 5.74) is 0.849. The summed E-state index contributed by atoms with van der Waals surface area (Å²) >= 11 is 0. The zero-order valence-electron chi connectivity index (χ0n) is 11.9. The van der Waals surface area contributed by atoms with Crippen LogP contribution >= 0.6 is 0 Å². The summed E-state index contributed by atoms with van der Waals surface area (Å²) < 4.78 is 5.85. The Morgan fingerprint density at radius 1 is 0.591 bits per heavy atom. The van der Waals surface area contributed by atoms with E-state index >= 15 is 0 Å². The summed E-state index contributed by atoms with van der Waals surface area (Å²) in [5, 5.41) is 4.15. The van der Waals surface area contributed by atoms with E-state index in [0.29, 0.717) is 17.4 Å². The van der Waals surface area contributed by atoms with Crippen LogP contribution in [-0.4, -0.2) is 5.90 Å². The Balaban J connectivity index is 1.86. The van der Waals surface area contributed by atoms with Crippen LogP contribution in [0.25, 0.3) is 0 Å². The Morgan fingerprint density at radius 2 is 1.09 bits per heavy atom. The Hall–Kier alpha value is -3.07. The van der Waals surface area contributed by atoms with Gasteiger partial charge in [-0.25, -0.2) is 0 Å². The molecule has 0 N–H and O–H groups in total. The molecule has 0 heterocycles. The molecule has 0 bridgehead atoms. The van der Waals surface area contributed by atoms with Crippen molar-refractivity contribution in [2.24, 2.45) is 5.16 Å². The van der Waals surface area contributed by atoms with E-state index in [4.69, 9.17) is 9.57 Å². The number of ether oxygens (including phenoxy) is 1. The normalized spacial score (nSPS) is 11.0. The molecule has 0 spiro atoms. The maximum Gasteiger partial charge on any atom is 0.263 e. The van der Waals surface area contributed by atoms with Gasteiger partial charge in [-0.15, -0.1) is 0 Å². The molecule has 22 heavy (non-hydrogen) atoms. The van der Waals surface area contributed by atoms with E-state index < -0.39 is 0 Å². The molecule has 0 unspecified atom stereocenters. The number of rotatable bonds is 4. The number of oxime groups is 1. The van der Waals surface area contributed by atoms with Gasteiger partial charge in [0, 0.05) is 5.56 Å². The lowest BCUT2D eigenvalue weighted by molar-refractivity contribution is 0.326. The van der Waals surface area contributed by atoms with Gasteiger partial charge < -0.3 is 9.57 Å². The molecule has 0 aliphatic rings. The maximum atomic E-state index is 5.85. The molecule has 0 fully saturated rings. The molecule has 3 nitrogen and oxygen atoms in total. The van der Waals surface area contributed by atoms with Crippen molar-refractivity contribution in [3.63, 3.8) is 0 Å². The fourth-order valence-corrected chi connectivity index (χ4v) is 1.89. The SMILES string of the molecule is c1ccc(ON=C(Oc2ccccc2)c2ccccc2)cc1. The van der Waals surface area contributed by atoms with Gasteiger partial charge in [0.15, 0.2) is 5.75 Å². The monoisotopic (exact) mass is 289 g/mol. The summed E-state index contributed by atoms with van der Waals surface area (Å²) in [4.78, 5) is 5.46. The van der Waals surface area contributed by atoms with Crippen LogP contribution in [0, 0.1) is 0 Å². The minimum atomic E-state index is 0.413. The second-order valence-corrected chi connectivity index (χ2v) is 4.58. The fourth-order valence-electron chi connectivity index (χ4n) is 1.89. The number of nitrogens with zero attached hydrogens (tertiary/aromatic N) is 1. The van der Waals surface area contributed by atoms with Crippen molar-refractivity contribution in [3.05, 3.63) is 96.6 Å². The first-order valence-corrected chi connectivity index (χ1v) is 7.00. The van der Waals surface area contributed by atoms with Gasteiger partial charge in [-0.1, -0.05) is 54.6 Å². The lowest BCUT2D eigenvalue weighted by Crippen LogP contribution is -2.11. The Bertz CT molecular complexity index is 725. The van der Waals surface area contributed by atoms with E-state index in [1.54, 1.807) is 0 Å². The molecule has 0 saturated carbocycles. The summed E-state index contributed by atoms with van der Waals surface area (Å²) in [6.45, 7) is 0. The van der Waals surface area contributed by atoms with Crippen LogP contribution in [-0.2, 0) is 0 Å². The second kappa shape index (κ2) is 7.09. The Labute approximate surface area is 129 Å². The summed E-state index contributed by atoms with van der Waals surface area (Å²) in [5.74, 6) is 1.78. The van der Waals surface area contributed by atoms with Gasteiger partial charge in [0.1, 0.15) is 5.75 Å². The summed E-state index contributed by atoms with van der Waals surface area (Å²) in [6, 6.07) is 28.6. The van der Waals surface area contributed by atoms with Crippen LogP contribution in [0.3, 0.4) is 0 Å². The molecule has 0 aromatic heterocycles. The fraction of sp³-hybridized carbons (Fsp3) is 0. The van der Waals surface area contributed by atoms with Crippen molar-refractivity contribution in [1.29, 1.82) is 0 Å². The van der Waals surface area contributed by atoms with E-state index in [9.17, 15) is 0 Å². The van der Waals surface area contributed by atoms with Gasteiger partial charge in [-0.2, -0.15) is 0 Å². The van der Waals surface area contributed by atoms with Gasteiger partial charge in [-0.05, 0) is 41.6 Å². The highest BCUT2D eigenvalue weighted by Crippen LogP contribution is 2.14. The topological polar surface area (TPSA) is 30.8 Å². The first-order valence-electron chi connectivity index (χ1n) is 7.00. The molecule has 0 amide bonds. The first-order chi connectivity index (χ1) is 10.9. The lowest BCUT2D eigenvalue weighted by atomic mass is 10.2. The zero-order chi connectivity index (χ0) is 15.0. The molecule has 3 rings (SSSR count). The van der Waals surface area contributed by atoms with Crippen molar-refractivity contribution in [1.82, 2.24) is 0 Å². The highest BCUT2D eigenvalue weighted by Gasteiger charge is 2.07. The predicted octanol–water partition coefficient (Wildman–Crippen LogP) is 4.51. The molecule has 0 saturated heterocycles. The largest absolute Gasteiger partial charge is 0.436 e. The molecule has 0 atom stereocenters. The third kappa shape index (κ3) is 3.73. The Kier molecular flexibility index (Phi) is 4.47. The van der Waals surface area contributed by atoms with Gasteiger partial charge in [-0.3, -0.25) is 0 Å². The van der Waals surface area contributed by atoms with Crippen molar-refractivity contribution in [2.45, 2.75) is 0 Å². The minimum absolute atomic E-state index is 0.413. The molecule has 3 aromatic carbocycles. The average Bonchev–Trinajstić information content (AvgIpc) is 2.61. The molecule has 3 aromatic rings. The van der Waals surface area contributed by atoms with Crippen molar-refractivity contribution >= 4 is 5.90 Å². The molecule has 0 aliphatic carbocycles. The van der Waals surface area contributed by atoms with Gasteiger partial charge in [0.05, 0.1) is 0 Å². The molecular weight excluding hydrogens is 274 g/mol. The molecule has 108 valence electrons. The minimum Gasteiger partial charge on any atom is -0.436 e. The van der Waals surface area contributed by atoms with Crippen LogP contribution in [0.5, 0.6) is 11.5 Å². The molecular formula is C19H15NO2. The predicted molar refractivity (Wildman–Crippen MR) is 87.1 cm³/mol. The van der Waals surface area contributed by atoms with Crippen LogP contribution in [0.1, 0.15) is 5.56 Å². The smallest absolute Gasteiger partial charge is 0.263 e. The number of benzene rings is 3. The highest BCUT2D eigenvalue weighted by molar-refractivity contribution is 5.95. The highest BCUT2D eigenvalue weighted by atomic mass is 16.6. The quantitative estimate of drug-likeness (QED) is 0.402. The van der Waals surface area contributed by atoms with Gasteiger partial charge >= 0.3 is 0 Å². The third-order valence-electron chi connectivity index (χ3n) is 2.96. The summed E-state index contributed by atoms with van der Waals surface area (Å²) in [6.07, 6.45) is 0. The average molecular weight is 289 g/mol. The zero-order valence-corrected chi connectivity index (χ0v) is 11.9. The van der Waals surface area contributed by atoms with Crippen LogP contribution in [0.15, 0.2) is 96.2 Å². The Morgan fingerprint density at radius 3 is 1.68 bits per heavy atom. The number of hydrogen-bond acceptors (Lipinski definition) is 3. The molecule has 0 radical (unpaired) electrons. The van der Waals surface area contributed by atoms with Crippen LogP contribution in [0.2, 0.25) is 0 Å². The van der Waals surface area contributed by atoms with Gasteiger partial charge in [0.2, 0.25) is 0 Å². The lowest BCUT2D eigenvalue weighted by Gasteiger charge is -2.08.